The molecule has 0 spiro atoms. The minimum Gasteiger partial charge on any atom is -0.314 e. The fraction of sp³-hybridized carbons (Fsp3) is 0.0222. The fourth-order valence-corrected chi connectivity index (χ4v) is 9.40. The Bertz CT molecular complexity index is 2520. The highest BCUT2D eigenvalue weighted by Gasteiger charge is 2.34. The van der Waals surface area contributed by atoms with Gasteiger partial charge < -0.3 is 4.57 Å². The zero-order chi connectivity index (χ0) is 33.0. The lowest BCUT2D eigenvalue weighted by molar-refractivity contribution is 0.591. The highest BCUT2D eigenvalue weighted by molar-refractivity contribution is 7.79. The first-order valence-electron chi connectivity index (χ1n) is 16.5. The van der Waals surface area contributed by atoms with Crippen molar-refractivity contribution >= 4 is 28.5 Å². The standard InChI is InChI=1S/C45H31N2OP/c1-49(48)43-19-11-10-18-38(43)40-27-34(24-25-44(40)49)36-26-35-16-8-9-17-37(35)39(28-36)30-20-22-32(23-21-30)42-29-41(31-12-4-2-5-13-31)46-45(47-42)33-14-6-3-7-15-33/h2-29H,1H3. The molecule has 1 aromatic heterocycles. The van der Waals surface area contributed by atoms with Crippen LogP contribution in [0.2, 0.25) is 0 Å². The van der Waals surface area contributed by atoms with Crippen LogP contribution >= 0.6 is 7.14 Å². The normalized spacial score (nSPS) is 14.8. The number of nitrogens with zero attached hydrogens (tertiary/aromatic N) is 2. The number of fused-ring (bicyclic) bond motifs is 4. The lowest BCUT2D eigenvalue weighted by Crippen LogP contribution is -2.07. The van der Waals surface area contributed by atoms with Gasteiger partial charge in [-0.15, -0.1) is 0 Å². The summed E-state index contributed by atoms with van der Waals surface area (Å²) in [6, 6.07) is 58.9. The van der Waals surface area contributed by atoms with Crippen molar-refractivity contribution < 1.29 is 4.57 Å². The summed E-state index contributed by atoms with van der Waals surface area (Å²) in [5.74, 6) is 0.705. The van der Waals surface area contributed by atoms with Crippen LogP contribution < -0.4 is 10.6 Å². The van der Waals surface area contributed by atoms with E-state index in [4.69, 9.17) is 9.97 Å². The maximum absolute atomic E-state index is 13.8. The van der Waals surface area contributed by atoms with E-state index in [-0.39, 0.29) is 0 Å². The van der Waals surface area contributed by atoms with E-state index in [1.165, 1.54) is 16.3 Å². The molecule has 1 aliphatic rings. The Balaban J connectivity index is 1.14. The topological polar surface area (TPSA) is 42.9 Å². The SMILES string of the molecule is CP1(=O)c2ccccc2-c2cc(-c3cc(-c4ccc(-c5cc(-c6ccccc6)nc(-c6ccccc6)n5)cc4)c4ccccc4c3)ccc21. The third kappa shape index (κ3) is 5.11. The minimum atomic E-state index is -2.61. The summed E-state index contributed by atoms with van der Waals surface area (Å²) in [5, 5.41) is 4.28. The van der Waals surface area contributed by atoms with E-state index in [0.29, 0.717) is 5.82 Å². The van der Waals surface area contributed by atoms with Crippen molar-refractivity contribution in [2.24, 2.45) is 0 Å². The van der Waals surface area contributed by atoms with Crippen LogP contribution in [0.3, 0.4) is 0 Å². The molecule has 1 atom stereocenters. The first-order valence-corrected chi connectivity index (χ1v) is 18.6. The summed E-state index contributed by atoms with van der Waals surface area (Å²) in [5.41, 5.74) is 11.5. The first-order chi connectivity index (χ1) is 24.0. The second-order valence-corrected chi connectivity index (χ2v) is 15.5. The summed E-state index contributed by atoms with van der Waals surface area (Å²) in [6.45, 7) is 1.89. The van der Waals surface area contributed by atoms with Crippen molar-refractivity contribution in [1.82, 2.24) is 9.97 Å². The van der Waals surface area contributed by atoms with Gasteiger partial charge >= 0.3 is 0 Å². The number of hydrogen-bond acceptors (Lipinski definition) is 3. The second-order valence-electron chi connectivity index (χ2n) is 12.7. The second kappa shape index (κ2) is 11.7. The first kappa shape index (κ1) is 29.3. The van der Waals surface area contributed by atoms with E-state index in [1.807, 2.05) is 61.3 Å². The van der Waals surface area contributed by atoms with Gasteiger partial charge in [-0.05, 0) is 81.1 Å². The molecule has 49 heavy (non-hydrogen) atoms. The van der Waals surface area contributed by atoms with Crippen molar-refractivity contribution in [3.8, 4) is 67.3 Å². The van der Waals surface area contributed by atoms with Crippen molar-refractivity contribution in [2.45, 2.75) is 0 Å². The summed E-state index contributed by atoms with van der Waals surface area (Å²) in [4.78, 5) is 9.98. The molecule has 8 aromatic rings. The van der Waals surface area contributed by atoms with Crippen LogP contribution in [0.4, 0.5) is 0 Å². The molecular formula is C45H31N2OP. The maximum atomic E-state index is 13.8. The molecule has 7 aromatic carbocycles. The maximum Gasteiger partial charge on any atom is 0.160 e. The van der Waals surface area contributed by atoms with Gasteiger partial charge in [0.1, 0.15) is 7.14 Å². The molecule has 0 amide bonds. The Morgan fingerprint density at radius 1 is 0.408 bits per heavy atom. The van der Waals surface area contributed by atoms with Gasteiger partial charge in [0.15, 0.2) is 5.82 Å². The summed E-state index contributed by atoms with van der Waals surface area (Å²) in [7, 11) is -2.61. The van der Waals surface area contributed by atoms with Crippen molar-refractivity contribution in [3.63, 3.8) is 0 Å². The van der Waals surface area contributed by atoms with E-state index in [1.54, 1.807) is 0 Å². The molecule has 3 nitrogen and oxygen atoms in total. The molecule has 0 N–H and O–H groups in total. The minimum absolute atomic E-state index is 0.705. The van der Waals surface area contributed by atoms with Gasteiger partial charge in [-0.1, -0.05) is 140 Å². The summed E-state index contributed by atoms with van der Waals surface area (Å²) < 4.78 is 13.8. The fourth-order valence-electron chi connectivity index (χ4n) is 7.11. The number of hydrogen-bond donors (Lipinski definition) is 0. The number of rotatable bonds is 5. The molecular weight excluding hydrogens is 615 g/mol. The average Bonchev–Trinajstić information content (AvgIpc) is 3.40. The predicted molar refractivity (Wildman–Crippen MR) is 205 cm³/mol. The van der Waals surface area contributed by atoms with Gasteiger partial charge in [0, 0.05) is 27.3 Å². The zero-order valence-corrected chi connectivity index (χ0v) is 27.8. The molecule has 4 heteroatoms. The molecule has 1 unspecified atom stereocenters. The Labute approximate surface area is 286 Å². The molecule has 0 radical (unpaired) electrons. The average molecular weight is 647 g/mol. The predicted octanol–water partition coefficient (Wildman–Crippen LogP) is 10.9. The van der Waals surface area contributed by atoms with Crippen LogP contribution in [0.5, 0.6) is 0 Å². The molecule has 9 rings (SSSR count). The van der Waals surface area contributed by atoms with Crippen molar-refractivity contribution in [2.75, 3.05) is 6.66 Å². The molecule has 0 aliphatic carbocycles. The largest absolute Gasteiger partial charge is 0.314 e. The number of benzene rings is 7. The Hall–Kier alpha value is -5.89. The molecule has 0 saturated carbocycles. The van der Waals surface area contributed by atoms with Gasteiger partial charge in [-0.2, -0.15) is 0 Å². The van der Waals surface area contributed by atoms with Crippen molar-refractivity contribution in [3.05, 3.63) is 170 Å². The van der Waals surface area contributed by atoms with Gasteiger partial charge in [-0.25, -0.2) is 9.97 Å². The summed E-state index contributed by atoms with van der Waals surface area (Å²) >= 11 is 0. The highest BCUT2D eigenvalue weighted by Crippen LogP contribution is 2.50. The van der Waals surface area contributed by atoms with Crippen LogP contribution in [0.15, 0.2) is 170 Å². The monoisotopic (exact) mass is 646 g/mol. The van der Waals surface area contributed by atoms with Crippen LogP contribution in [-0.2, 0) is 4.57 Å². The van der Waals surface area contributed by atoms with Gasteiger partial charge in [0.2, 0.25) is 0 Å². The smallest absolute Gasteiger partial charge is 0.160 e. The van der Waals surface area contributed by atoms with Gasteiger partial charge in [0.25, 0.3) is 0 Å². The van der Waals surface area contributed by atoms with Crippen molar-refractivity contribution in [1.29, 1.82) is 0 Å². The quantitative estimate of drug-likeness (QED) is 0.175. The molecule has 232 valence electrons. The van der Waals surface area contributed by atoms with Gasteiger partial charge in [0.05, 0.1) is 11.4 Å². The van der Waals surface area contributed by atoms with Crippen LogP contribution in [0.25, 0.3) is 78.1 Å². The van der Waals surface area contributed by atoms with E-state index < -0.39 is 7.14 Å². The molecule has 1 aliphatic heterocycles. The Kier molecular flexibility index (Phi) is 6.97. The number of aromatic nitrogens is 2. The van der Waals surface area contributed by atoms with Crippen LogP contribution in [-0.4, -0.2) is 16.6 Å². The van der Waals surface area contributed by atoms with Crippen LogP contribution in [0, 0.1) is 0 Å². The zero-order valence-electron chi connectivity index (χ0n) is 26.9. The van der Waals surface area contributed by atoms with E-state index >= 15 is 0 Å². The third-order valence-corrected chi connectivity index (χ3v) is 12.2. The van der Waals surface area contributed by atoms with Crippen LogP contribution in [0.1, 0.15) is 0 Å². The third-order valence-electron chi connectivity index (χ3n) is 9.62. The van der Waals surface area contributed by atoms with E-state index in [9.17, 15) is 4.57 Å². The van der Waals surface area contributed by atoms with E-state index in [2.05, 4.69) is 115 Å². The molecule has 0 bridgehead atoms. The highest BCUT2D eigenvalue weighted by atomic mass is 31.2. The van der Waals surface area contributed by atoms with E-state index in [0.717, 1.165) is 66.5 Å². The van der Waals surface area contributed by atoms with Gasteiger partial charge in [-0.3, -0.25) is 0 Å². The lowest BCUT2D eigenvalue weighted by atomic mass is 9.91. The lowest BCUT2D eigenvalue weighted by Gasteiger charge is -2.14. The Morgan fingerprint density at radius 2 is 0.959 bits per heavy atom. The summed E-state index contributed by atoms with van der Waals surface area (Å²) in [6.07, 6.45) is 0. The molecule has 0 fully saturated rings. The Morgan fingerprint density at radius 3 is 1.71 bits per heavy atom. The molecule has 2 heterocycles. The molecule has 0 saturated heterocycles.